The number of hydrogen-bond donors (Lipinski definition) is 0. The van der Waals surface area contributed by atoms with Crippen LogP contribution >= 0.6 is 0 Å². The van der Waals surface area contributed by atoms with Crippen molar-refractivity contribution in [1.29, 1.82) is 0 Å². The number of carboxylic acid groups (broad SMARTS) is 1. The maximum Gasteiger partial charge on any atom is 2.00 e. The molecule has 2 radical (unpaired) electrons. The summed E-state index contributed by atoms with van der Waals surface area (Å²) in [6.07, 6.45) is 3.52. The molecule has 1 unspecified atom stereocenters. The number of rotatable bonds is 5. The van der Waals surface area contributed by atoms with Gasteiger partial charge in [0.1, 0.15) is 0 Å². The molecule has 1 rings (SSSR count). The van der Waals surface area contributed by atoms with E-state index in [1.165, 1.54) is 5.56 Å². The number of aryl methyl sites for hydroxylation is 1. The van der Waals surface area contributed by atoms with Gasteiger partial charge in [0.25, 0.3) is 0 Å². The van der Waals surface area contributed by atoms with Crippen molar-refractivity contribution in [2.24, 2.45) is 5.92 Å². The third-order valence-corrected chi connectivity index (χ3v) is 2.67. The predicted octanol–water partition coefficient (Wildman–Crippen LogP) is 2.57. The average Bonchev–Trinajstić information content (AvgIpc) is 2.31. The molecule has 0 bridgehead atoms. The summed E-state index contributed by atoms with van der Waals surface area (Å²) in [5, 5.41) is 10.3. The molecule has 18 heavy (non-hydrogen) atoms. The van der Waals surface area contributed by atoms with E-state index in [-0.39, 0.29) is 29.8 Å². The summed E-state index contributed by atoms with van der Waals surface area (Å²) in [6.45, 7) is 6.03. The van der Waals surface area contributed by atoms with Crippen LogP contribution in [0.4, 0.5) is 0 Å². The van der Waals surface area contributed by atoms with Crippen molar-refractivity contribution in [2.45, 2.75) is 46.5 Å². The molecule has 0 heterocycles. The first-order chi connectivity index (χ1) is 8.11. The fourth-order valence-electron chi connectivity index (χ4n) is 1.47. The van der Waals surface area contributed by atoms with Crippen molar-refractivity contribution in [2.75, 3.05) is 0 Å². The number of hydrogen-bond acceptors (Lipinski definition) is 2. The van der Waals surface area contributed by atoms with Gasteiger partial charge in [-0.2, -0.15) is 0 Å². The first-order valence-corrected chi connectivity index (χ1v) is 6.34. The van der Waals surface area contributed by atoms with Crippen molar-refractivity contribution in [3.63, 3.8) is 0 Å². The van der Waals surface area contributed by atoms with E-state index in [0.717, 1.165) is 19.3 Å². The molecule has 3 heteroatoms. The van der Waals surface area contributed by atoms with Crippen LogP contribution in [0.1, 0.15) is 45.1 Å². The van der Waals surface area contributed by atoms with Gasteiger partial charge in [-0.1, -0.05) is 62.6 Å². The van der Waals surface area contributed by atoms with Crippen molar-refractivity contribution in [1.82, 2.24) is 0 Å². The van der Waals surface area contributed by atoms with Crippen molar-refractivity contribution >= 4 is 29.9 Å². The molecule has 0 spiro atoms. The summed E-state index contributed by atoms with van der Waals surface area (Å²) in [7, 11) is 0. The topological polar surface area (TPSA) is 40.1 Å². The number of aliphatic carboxylic acids is 1. The summed E-state index contributed by atoms with van der Waals surface area (Å²) in [5.74, 6) is -1.11. The van der Waals surface area contributed by atoms with Crippen LogP contribution < -0.4 is 5.11 Å². The van der Waals surface area contributed by atoms with Gasteiger partial charge >= 0.3 is 23.9 Å². The van der Waals surface area contributed by atoms with E-state index in [1.807, 2.05) is 25.1 Å². The third-order valence-electron chi connectivity index (χ3n) is 2.67. The quantitative estimate of drug-likeness (QED) is 0.763. The van der Waals surface area contributed by atoms with Crippen LogP contribution in [0.3, 0.4) is 0 Å². The minimum Gasteiger partial charge on any atom is -0.550 e. The Labute approximate surface area is 128 Å². The summed E-state index contributed by atoms with van der Waals surface area (Å²) in [5.41, 5.74) is 1.32. The van der Waals surface area contributed by atoms with Crippen molar-refractivity contribution < 1.29 is 9.90 Å². The van der Waals surface area contributed by atoms with E-state index in [4.69, 9.17) is 0 Å². The van der Waals surface area contributed by atoms with Gasteiger partial charge in [-0.15, -0.1) is 0 Å². The van der Waals surface area contributed by atoms with E-state index in [0.29, 0.717) is 6.42 Å². The Morgan fingerprint density at radius 2 is 1.78 bits per heavy atom. The van der Waals surface area contributed by atoms with Gasteiger partial charge in [0.2, 0.25) is 0 Å². The minimum atomic E-state index is -0.893. The monoisotopic (exact) mass is 355 g/mol. The van der Waals surface area contributed by atoms with Gasteiger partial charge < -0.3 is 9.90 Å². The zero-order chi connectivity index (χ0) is 13.1. The van der Waals surface area contributed by atoms with E-state index in [1.54, 1.807) is 0 Å². The molecule has 0 aliphatic carbocycles. The molecule has 1 aromatic carbocycles. The smallest absolute Gasteiger partial charge is 0.550 e. The Kier molecular flexibility index (Phi) is 14.2. The van der Waals surface area contributed by atoms with Gasteiger partial charge in [-0.25, -0.2) is 0 Å². The Morgan fingerprint density at radius 1 is 1.22 bits per heavy atom. The number of benzene rings is 1. The van der Waals surface area contributed by atoms with E-state index >= 15 is 0 Å². The molecule has 98 valence electrons. The average molecular weight is 354 g/mol. The van der Waals surface area contributed by atoms with E-state index in [9.17, 15) is 9.90 Å². The summed E-state index contributed by atoms with van der Waals surface area (Å²) in [4.78, 5) is 10.3. The van der Waals surface area contributed by atoms with Crippen LogP contribution in [0, 0.1) is 12.8 Å². The molecule has 0 aromatic heterocycles. The number of carbonyl (C=O) groups excluding carboxylic acids is 1. The standard InChI is InChI=1S/C8H16O2.C7H8.Sn/c1-3-5-6-7(4-2)8(9)10;1-7-5-3-2-4-6-7;/h7H,3-6H2,1-2H3,(H,9,10);2-6H,1H3;/q;;+2/p-1. The van der Waals surface area contributed by atoms with Crippen LogP contribution in [0.5, 0.6) is 0 Å². The molecular weight excluding hydrogens is 331 g/mol. The molecule has 0 amide bonds. The second-order valence-electron chi connectivity index (χ2n) is 4.22. The summed E-state index contributed by atoms with van der Waals surface area (Å²) < 4.78 is 0. The van der Waals surface area contributed by atoms with Crippen molar-refractivity contribution in [3.8, 4) is 0 Å². The third kappa shape index (κ3) is 10.6. The molecule has 1 aromatic rings. The molecular formula is C15H23O2Sn+. The normalized spacial score (nSPS) is 10.6. The van der Waals surface area contributed by atoms with Gasteiger partial charge in [-0.05, 0) is 25.7 Å². The summed E-state index contributed by atoms with van der Waals surface area (Å²) in [6, 6.07) is 10.3. The van der Waals surface area contributed by atoms with Gasteiger partial charge in [0, 0.05) is 5.97 Å². The number of unbranched alkanes of at least 4 members (excludes halogenated alkanes) is 1. The fraction of sp³-hybridized carbons (Fsp3) is 0.533. The molecule has 0 fully saturated rings. The number of carboxylic acids is 1. The first-order valence-electron chi connectivity index (χ1n) is 6.34. The molecule has 0 saturated carbocycles. The molecule has 0 saturated heterocycles. The zero-order valence-electron chi connectivity index (χ0n) is 11.6. The van der Waals surface area contributed by atoms with Gasteiger partial charge in [-0.3, -0.25) is 0 Å². The second-order valence-corrected chi connectivity index (χ2v) is 4.22. The summed E-state index contributed by atoms with van der Waals surface area (Å²) >= 11 is 0. The Hall–Kier alpha value is -0.511. The van der Waals surface area contributed by atoms with Crippen molar-refractivity contribution in [3.05, 3.63) is 35.9 Å². The molecule has 0 N–H and O–H groups in total. The second kappa shape index (κ2) is 12.9. The molecule has 0 aliphatic heterocycles. The maximum absolute atomic E-state index is 10.3. The molecule has 2 nitrogen and oxygen atoms in total. The van der Waals surface area contributed by atoms with Crippen LogP contribution in [0.2, 0.25) is 0 Å². The van der Waals surface area contributed by atoms with Gasteiger partial charge in [0.05, 0.1) is 0 Å². The van der Waals surface area contributed by atoms with E-state index < -0.39 is 5.97 Å². The SMILES string of the molecule is CCCCC(CC)C(=O)[O-].Cc1ccccc1.[Sn+2]. The van der Waals surface area contributed by atoms with E-state index in [2.05, 4.69) is 26.0 Å². The first kappa shape index (κ1) is 19.8. The van der Waals surface area contributed by atoms with Crippen LogP contribution in [0.25, 0.3) is 0 Å². The zero-order valence-corrected chi connectivity index (χ0v) is 14.5. The Bertz CT molecular complexity index is 299. The molecule has 1 atom stereocenters. The predicted molar refractivity (Wildman–Crippen MR) is 75.2 cm³/mol. The maximum atomic E-state index is 10.3. The number of carbonyl (C=O) groups is 1. The van der Waals surface area contributed by atoms with Gasteiger partial charge in [0.15, 0.2) is 0 Å². The largest absolute Gasteiger partial charge is 2.00 e. The van der Waals surface area contributed by atoms with Crippen LogP contribution in [-0.2, 0) is 4.79 Å². The Balaban J connectivity index is 0. The van der Waals surface area contributed by atoms with Crippen LogP contribution in [0.15, 0.2) is 30.3 Å². The Morgan fingerprint density at radius 3 is 2.06 bits per heavy atom. The molecule has 0 aliphatic rings. The van der Waals surface area contributed by atoms with Crippen LogP contribution in [-0.4, -0.2) is 29.9 Å². The fourth-order valence-corrected chi connectivity index (χ4v) is 1.47. The minimum absolute atomic E-state index is 0.